The summed E-state index contributed by atoms with van der Waals surface area (Å²) >= 11 is 5.95. The van der Waals surface area contributed by atoms with E-state index in [1.165, 1.54) is 5.56 Å². The number of hydrogen-bond donors (Lipinski definition) is 1. The first kappa shape index (κ1) is 12.2. The van der Waals surface area contributed by atoms with E-state index in [2.05, 4.69) is 25.1 Å². The van der Waals surface area contributed by atoms with Gasteiger partial charge in [0, 0.05) is 5.02 Å². The highest BCUT2D eigenvalue weighted by atomic mass is 35.5. The van der Waals surface area contributed by atoms with E-state index in [1.807, 2.05) is 31.2 Å². The van der Waals surface area contributed by atoms with Crippen molar-refractivity contribution in [2.75, 3.05) is 0 Å². The fraction of sp³-hybridized carbons (Fsp3) is 0.200. The maximum atomic E-state index is 6.29. The molecular formula is C15H16ClN. The van der Waals surface area contributed by atoms with Gasteiger partial charge in [0.15, 0.2) is 0 Å². The second kappa shape index (κ2) is 4.91. The third kappa shape index (κ3) is 2.68. The van der Waals surface area contributed by atoms with E-state index in [1.54, 1.807) is 0 Å². The molecule has 2 rings (SSSR count). The summed E-state index contributed by atoms with van der Waals surface area (Å²) in [4.78, 5) is 0. The van der Waals surface area contributed by atoms with E-state index in [0.717, 1.165) is 21.7 Å². The van der Waals surface area contributed by atoms with Gasteiger partial charge in [0.1, 0.15) is 0 Å². The smallest absolute Gasteiger partial charge is 0.0554 e. The van der Waals surface area contributed by atoms with Gasteiger partial charge in [0.05, 0.1) is 6.04 Å². The molecule has 1 nitrogen and oxygen atoms in total. The normalized spacial score (nSPS) is 12.5. The van der Waals surface area contributed by atoms with E-state index in [4.69, 9.17) is 17.3 Å². The molecule has 0 radical (unpaired) electrons. The highest BCUT2D eigenvalue weighted by molar-refractivity contribution is 6.30. The summed E-state index contributed by atoms with van der Waals surface area (Å²) in [6.07, 6.45) is 0. The quantitative estimate of drug-likeness (QED) is 0.850. The molecule has 0 aliphatic carbocycles. The first-order valence-corrected chi connectivity index (χ1v) is 6.04. The Hall–Kier alpha value is -1.31. The van der Waals surface area contributed by atoms with Crippen molar-refractivity contribution < 1.29 is 0 Å². The molecule has 0 saturated heterocycles. The van der Waals surface area contributed by atoms with Crippen molar-refractivity contribution in [3.63, 3.8) is 0 Å². The zero-order valence-electron chi connectivity index (χ0n) is 10.1. The van der Waals surface area contributed by atoms with Crippen molar-refractivity contribution in [3.05, 3.63) is 69.7 Å². The molecule has 0 heterocycles. The van der Waals surface area contributed by atoms with E-state index in [9.17, 15) is 0 Å². The summed E-state index contributed by atoms with van der Waals surface area (Å²) in [5.74, 6) is 0. The van der Waals surface area contributed by atoms with Crippen LogP contribution in [0.1, 0.15) is 28.3 Å². The third-order valence-corrected chi connectivity index (χ3v) is 3.20. The molecule has 88 valence electrons. The molecule has 0 aromatic heterocycles. The van der Waals surface area contributed by atoms with E-state index in [0.29, 0.717) is 0 Å². The minimum absolute atomic E-state index is 0.0906. The van der Waals surface area contributed by atoms with Crippen LogP contribution in [0.4, 0.5) is 0 Å². The lowest BCUT2D eigenvalue weighted by atomic mass is 9.95. The van der Waals surface area contributed by atoms with Gasteiger partial charge in [-0.2, -0.15) is 0 Å². The molecule has 0 amide bonds. The Labute approximate surface area is 107 Å². The van der Waals surface area contributed by atoms with Crippen LogP contribution in [0.3, 0.4) is 0 Å². The van der Waals surface area contributed by atoms with Gasteiger partial charge in [-0.05, 0) is 42.7 Å². The van der Waals surface area contributed by atoms with Gasteiger partial charge in [-0.3, -0.25) is 0 Å². The van der Waals surface area contributed by atoms with Crippen LogP contribution < -0.4 is 5.73 Å². The van der Waals surface area contributed by atoms with Crippen LogP contribution in [0, 0.1) is 13.8 Å². The maximum absolute atomic E-state index is 6.29. The standard InChI is InChI=1S/C15H16ClN/c1-10-4-3-5-12(8-10)15(17)14-7-6-13(16)9-11(14)2/h3-9,15H,17H2,1-2H3. The molecule has 0 aliphatic rings. The largest absolute Gasteiger partial charge is 0.320 e. The summed E-state index contributed by atoms with van der Waals surface area (Å²) in [5, 5.41) is 0.752. The van der Waals surface area contributed by atoms with Crippen LogP contribution in [0.25, 0.3) is 0 Å². The Kier molecular flexibility index (Phi) is 3.51. The van der Waals surface area contributed by atoms with Crippen molar-refractivity contribution in [1.82, 2.24) is 0 Å². The monoisotopic (exact) mass is 245 g/mol. The SMILES string of the molecule is Cc1cccc(C(N)c2ccc(Cl)cc2C)c1. The Morgan fingerprint density at radius 3 is 2.47 bits per heavy atom. The second-order valence-electron chi connectivity index (χ2n) is 4.39. The number of rotatable bonds is 2. The average molecular weight is 246 g/mol. The van der Waals surface area contributed by atoms with Crippen molar-refractivity contribution >= 4 is 11.6 Å². The molecular weight excluding hydrogens is 230 g/mol. The molecule has 1 atom stereocenters. The predicted octanol–water partition coefficient (Wildman–Crippen LogP) is 4.00. The highest BCUT2D eigenvalue weighted by Gasteiger charge is 2.11. The summed E-state index contributed by atoms with van der Waals surface area (Å²) < 4.78 is 0. The number of hydrogen-bond acceptors (Lipinski definition) is 1. The lowest BCUT2D eigenvalue weighted by Gasteiger charge is -2.16. The van der Waals surface area contributed by atoms with Crippen molar-refractivity contribution in [2.24, 2.45) is 5.73 Å². The van der Waals surface area contributed by atoms with Crippen LogP contribution >= 0.6 is 11.6 Å². The van der Waals surface area contributed by atoms with Crippen molar-refractivity contribution in [2.45, 2.75) is 19.9 Å². The first-order chi connectivity index (χ1) is 8.08. The molecule has 2 heteroatoms. The fourth-order valence-electron chi connectivity index (χ4n) is 2.03. The summed E-state index contributed by atoms with van der Waals surface area (Å²) in [6.45, 7) is 4.11. The molecule has 0 saturated carbocycles. The Bertz CT molecular complexity index is 534. The van der Waals surface area contributed by atoms with Gasteiger partial charge < -0.3 is 5.73 Å². The number of benzene rings is 2. The van der Waals surface area contributed by atoms with Gasteiger partial charge in [-0.1, -0.05) is 47.5 Å². The van der Waals surface area contributed by atoms with Gasteiger partial charge in [-0.15, -0.1) is 0 Å². The predicted molar refractivity (Wildman–Crippen MR) is 73.4 cm³/mol. The van der Waals surface area contributed by atoms with Crippen LogP contribution in [0.2, 0.25) is 5.02 Å². The molecule has 1 unspecified atom stereocenters. The average Bonchev–Trinajstić information content (AvgIpc) is 2.28. The van der Waals surface area contributed by atoms with Crippen molar-refractivity contribution in [3.8, 4) is 0 Å². The maximum Gasteiger partial charge on any atom is 0.0554 e. The molecule has 0 aliphatic heterocycles. The molecule has 0 spiro atoms. The van der Waals surface area contributed by atoms with Crippen molar-refractivity contribution in [1.29, 1.82) is 0 Å². The van der Waals surface area contributed by atoms with Crippen LogP contribution in [0.5, 0.6) is 0 Å². The third-order valence-electron chi connectivity index (χ3n) is 2.97. The molecule has 0 bridgehead atoms. The Balaban J connectivity index is 2.40. The van der Waals surface area contributed by atoms with Crippen LogP contribution in [-0.4, -0.2) is 0 Å². The van der Waals surface area contributed by atoms with Gasteiger partial charge in [0.25, 0.3) is 0 Å². The number of nitrogens with two attached hydrogens (primary N) is 1. The fourth-order valence-corrected chi connectivity index (χ4v) is 2.26. The van der Waals surface area contributed by atoms with E-state index in [-0.39, 0.29) is 6.04 Å². The Morgan fingerprint density at radius 2 is 1.82 bits per heavy atom. The minimum Gasteiger partial charge on any atom is -0.320 e. The van der Waals surface area contributed by atoms with E-state index < -0.39 is 0 Å². The number of halogens is 1. The molecule has 0 fully saturated rings. The molecule has 2 N–H and O–H groups in total. The van der Waals surface area contributed by atoms with Gasteiger partial charge in [0.2, 0.25) is 0 Å². The van der Waals surface area contributed by atoms with Crippen LogP contribution in [0.15, 0.2) is 42.5 Å². The molecule has 2 aromatic carbocycles. The topological polar surface area (TPSA) is 26.0 Å². The summed E-state index contributed by atoms with van der Waals surface area (Å²) in [5.41, 5.74) is 10.9. The first-order valence-electron chi connectivity index (χ1n) is 5.66. The summed E-state index contributed by atoms with van der Waals surface area (Å²) in [7, 11) is 0. The van der Waals surface area contributed by atoms with Crippen LogP contribution in [-0.2, 0) is 0 Å². The molecule has 17 heavy (non-hydrogen) atoms. The Morgan fingerprint density at radius 1 is 1.06 bits per heavy atom. The summed E-state index contributed by atoms with van der Waals surface area (Å²) in [6, 6.07) is 14.1. The van der Waals surface area contributed by atoms with E-state index >= 15 is 0 Å². The zero-order chi connectivity index (χ0) is 12.4. The van der Waals surface area contributed by atoms with Gasteiger partial charge >= 0.3 is 0 Å². The lowest BCUT2D eigenvalue weighted by Crippen LogP contribution is -2.13. The molecule has 2 aromatic rings. The lowest BCUT2D eigenvalue weighted by molar-refractivity contribution is 0.860. The highest BCUT2D eigenvalue weighted by Crippen LogP contribution is 2.25. The zero-order valence-corrected chi connectivity index (χ0v) is 10.8. The minimum atomic E-state index is -0.0906. The second-order valence-corrected chi connectivity index (χ2v) is 4.83. The number of aryl methyl sites for hydroxylation is 2. The van der Waals surface area contributed by atoms with Gasteiger partial charge in [-0.25, -0.2) is 0 Å².